The zero-order valence-electron chi connectivity index (χ0n) is 17.6. The molecule has 0 spiro atoms. The molecule has 2 atom stereocenters. The first-order chi connectivity index (χ1) is 13.8. The molecule has 0 fully saturated rings. The number of likely N-dealkylation sites (N-methyl/N-ethyl adjacent to an activating group) is 1. The molecule has 0 saturated heterocycles. The van der Waals surface area contributed by atoms with Crippen LogP contribution in [-0.2, 0) is 11.3 Å². The molecule has 0 aliphatic rings. The van der Waals surface area contributed by atoms with Crippen LogP contribution < -0.4 is 19.9 Å². The summed E-state index contributed by atoms with van der Waals surface area (Å²) in [4.78, 5) is 26.5. The first kappa shape index (κ1) is 22.2. The van der Waals surface area contributed by atoms with Crippen LogP contribution in [0.4, 0.5) is 17.1 Å². The SMILES string of the molecule is CC[NH+](Cc1ccc(N(C)C)cc1)[C@H](C)C(=O)Nc1cc([N+](=O)[O-])ccc1OC. The average molecular weight is 401 g/mol. The normalized spacial score (nSPS) is 12.7. The molecule has 2 rings (SSSR count). The Morgan fingerprint density at radius 3 is 2.41 bits per heavy atom. The molecule has 0 saturated carbocycles. The highest BCUT2D eigenvalue weighted by molar-refractivity contribution is 5.95. The Kier molecular flexibility index (Phi) is 7.55. The fraction of sp³-hybridized carbons (Fsp3) is 0.381. The molecular weight excluding hydrogens is 372 g/mol. The van der Waals surface area contributed by atoms with Crippen LogP contribution in [0.2, 0.25) is 0 Å². The molecule has 0 aliphatic heterocycles. The van der Waals surface area contributed by atoms with Crippen molar-refractivity contribution in [3.05, 3.63) is 58.1 Å². The first-order valence-electron chi connectivity index (χ1n) is 9.51. The van der Waals surface area contributed by atoms with Gasteiger partial charge in [0.2, 0.25) is 0 Å². The number of nitrogens with zero attached hydrogens (tertiary/aromatic N) is 2. The van der Waals surface area contributed by atoms with Gasteiger partial charge in [-0.05, 0) is 32.0 Å². The second-order valence-corrected chi connectivity index (χ2v) is 7.10. The summed E-state index contributed by atoms with van der Waals surface area (Å²) in [6.45, 7) is 5.34. The highest BCUT2D eigenvalue weighted by atomic mass is 16.6. The van der Waals surface area contributed by atoms with Crippen molar-refractivity contribution in [3.8, 4) is 5.75 Å². The zero-order chi connectivity index (χ0) is 21.6. The van der Waals surface area contributed by atoms with E-state index in [0.29, 0.717) is 18.0 Å². The van der Waals surface area contributed by atoms with Crippen molar-refractivity contribution in [2.24, 2.45) is 0 Å². The number of nitro groups is 1. The molecule has 29 heavy (non-hydrogen) atoms. The number of rotatable bonds is 9. The van der Waals surface area contributed by atoms with Gasteiger partial charge in [-0.1, -0.05) is 12.1 Å². The third kappa shape index (κ3) is 5.68. The number of carbonyl (C=O) groups is 1. The van der Waals surface area contributed by atoms with Crippen LogP contribution in [0.1, 0.15) is 19.4 Å². The van der Waals surface area contributed by atoms with Crippen molar-refractivity contribution < 1.29 is 19.4 Å². The smallest absolute Gasteiger partial charge is 0.282 e. The van der Waals surface area contributed by atoms with Crippen molar-refractivity contribution in [1.29, 1.82) is 0 Å². The van der Waals surface area contributed by atoms with Gasteiger partial charge in [-0.3, -0.25) is 14.9 Å². The Bertz CT molecular complexity index is 852. The Hall–Kier alpha value is -3.13. The molecule has 0 radical (unpaired) electrons. The van der Waals surface area contributed by atoms with Gasteiger partial charge < -0.3 is 19.9 Å². The summed E-state index contributed by atoms with van der Waals surface area (Å²) in [6, 6.07) is 12.0. The van der Waals surface area contributed by atoms with Gasteiger partial charge in [0.25, 0.3) is 11.6 Å². The number of anilines is 2. The lowest BCUT2D eigenvalue weighted by molar-refractivity contribution is -0.925. The maximum absolute atomic E-state index is 12.8. The summed E-state index contributed by atoms with van der Waals surface area (Å²) < 4.78 is 5.23. The average Bonchev–Trinajstić information content (AvgIpc) is 2.71. The Labute approximate surface area is 171 Å². The molecule has 2 aromatic rings. The van der Waals surface area contributed by atoms with Crippen LogP contribution in [0, 0.1) is 10.1 Å². The molecule has 8 nitrogen and oxygen atoms in total. The number of methoxy groups -OCH3 is 1. The van der Waals surface area contributed by atoms with Crippen LogP contribution in [0.25, 0.3) is 0 Å². The van der Waals surface area contributed by atoms with Crippen LogP contribution in [0.5, 0.6) is 5.75 Å². The maximum atomic E-state index is 12.8. The number of benzene rings is 2. The fourth-order valence-corrected chi connectivity index (χ4v) is 3.09. The topological polar surface area (TPSA) is 89.2 Å². The van der Waals surface area contributed by atoms with Crippen molar-refractivity contribution in [2.45, 2.75) is 26.4 Å². The number of nitro benzene ring substituents is 1. The van der Waals surface area contributed by atoms with Crippen molar-refractivity contribution in [1.82, 2.24) is 0 Å². The zero-order valence-corrected chi connectivity index (χ0v) is 17.6. The van der Waals surface area contributed by atoms with E-state index in [4.69, 9.17) is 4.74 Å². The summed E-state index contributed by atoms with van der Waals surface area (Å²) >= 11 is 0. The van der Waals surface area contributed by atoms with E-state index in [9.17, 15) is 14.9 Å². The van der Waals surface area contributed by atoms with Crippen molar-refractivity contribution in [3.63, 3.8) is 0 Å². The van der Waals surface area contributed by atoms with Gasteiger partial charge in [0.1, 0.15) is 12.3 Å². The van der Waals surface area contributed by atoms with Crippen molar-refractivity contribution >= 4 is 23.0 Å². The second kappa shape index (κ2) is 9.88. The highest BCUT2D eigenvalue weighted by Crippen LogP contribution is 2.28. The molecule has 0 aliphatic carbocycles. The minimum atomic E-state index is -0.500. The van der Waals surface area contributed by atoms with Gasteiger partial charge in [0, 0.05) is 37.5 Å². The van der Waals surface area contributed by atoms with Crippen LogP contribution in [0.3, 0.4) is 0 Å². The predicted molar refractivity (Wildman–Crippen MR) is 114 cm³/mol. The number of carbonyl (C=O) groups excluding carboxylic acids is 1. The van der Waals surface area contributed by atoms with E-state index in [-0.39, 0.29) is 17.6 Å². The molecular formula is C21H29N4O4+. The van der Waals surface area contributed by atoms with Gasteiger partial charge in [-0.25, -0.2) is 0 Å². The van der Waals surface area contributed by atoms with Crippen LogP contribution in [-0.4, -0.2) is 44.6 Å². The molecule has 0 aromatic heterocycles. The Balaban J connectivity index is 2.13. The largest absolute Gasteiger partial charge is 0.495 e. The first-order valence-corrected chi connectivity index (χ1v) is 9.51. The highest BCUT2D eigenvalue weighted by Gasteiger charge is 2.25. The van der Waals surface area contributed by atoms with E-state index in [2.05, 4.69) is 29.6 Å². The molecule has 156 valence electrons. The molecule has 2 N–H and O–H groups in total. The second-order valence-electron chi connectivity index (χ2n) is 7.10. The number of nitrogens with one attached hydrogen (secondary N) is 2. The molecule has 1 unspecified atom stereocenters. The molecule has 8 heteroatoms. The number of non-ortho nitro benzene ring substituents is 1. The van der Waals surface area contributed by atoms with E-state index in [1.807, 2.05) is 32.8 Å². The summed E-state index contributed by atoms with van der Waals surface area (Å²) in [5.74, 6) is 0.166. The summed E-state index contributed by atoms with van der Waals surface area (Å²) in [5.41, 5.74) is 2.45. The van der Waals surface area contributed by atoms with E-state index >= 15 is 0 Å². The standard InChI is InChI=1S/C21H28N4O4/c1-6-24(14-16-7-9-17(10-8-16)23(3)4)15(2)21(26)22-19-13-18(25(27)28)11-12-20(19)29-5/h7-13,15H,6,14H2,1-5H3,(H,22,26)/p+1/t15-/m1/s1. The lowest BCUT2D eigenvalue weighted by atomic mass is 10.1. The number of hydrogen-bond acceptors (Lipinski definition) is 5. The third-order valence-electron chi connectivity index (χ3n) is 5.00. The van der Waals surface area contributed by atoms with Gasteiger partial charge in [0.05, 0.1) is 24.3 Å². The number of quaternary nitrogens is 1. The molecule has 2 aromatic carbocycles. The van der Waals surface area contributed by atoms with Gasteiger partial charge in [-0.2, -0.15) is 0 Å². The Morgan fingerprint density at radius 2 is 1.90 bits per heavy atom. The molecule has 1 amide bonds. The van der Waals surface area contributed by atoms with Crippen LogP contribution in [0.15, 0.2) is 42.5 Å². The summed E-state index contributed by atoms with van der Waals surface area (Å²) in [5, 5.41) is 13.8. The minimum absolute atomic E-state index is 0.102. The van der Waals surface area contributed by atoms with E-state index in [0.717, 1.165) is 22.7 Å². The maximum Gasteiger partial charge on any atom is 0.282 e. The number of ether oxygens (including phenoxy) is 1. The van der Waals surface area contributed by atoms with E-state index < -0.39 is 4.92 Å². The summed E-state index contributed by atoms with van der Waals surface area (Å²) in [6.07, 6.45) is 0. The van der Waals surface area contributed by atoms with E-state index in [1.54, 1.807) is 0 Å². The minimum Gasteiger partial charge on any atom is -0.495 e. The lowest BCUT2D eigenvalue weighted by Crippen LogP contribution is -3.15. The Morgan fingerprint density at radius 1 is 1.24 bits per heavy atom. The summed E-state index contributed by atoms with van der Waals surface area (Å²) in [7, 11) is 5.45. The van der Waals surface area contributed by atoms with E-state index in [1.165, 1.54) is 25.3 Å². The lowest BCUT2D eigenvalue weighted by Gasteiger charge is -2.24. The fourth-order valence-electron chi connectivity index (χ4n) is 3.09. The van der Waals surface area contributed by atoms with Crippen molar-refractivity contribution in [2.75, 3.05) is 38.0 Å². The predicted octanol–water partition coefficient (Wildman–Crippen LogP) is 2.10. The van der Waals surface area contributed by atoms with Gasteiger partial charge in [-0.15, -0.1) is 0 Å². The third-order valence-corrected chi connectivity index (χ3v) is 5.00. The quantitative estimate of drug-likeness (QED) is 0.496. The number of hydrogen-bond donors (Lipinski definition) is 2. The monoisotopic (exact) mass is 401 g/mol. The van der Waals surface area contributed by atoms with Crippen LogP contribution >= 0.6 is 0 Å². The van der Waals surface area contributed by atoms with Gasteiger partial charge >= 0.3 is 0 Å². The molecule has 0 bridgehead atoms. The van der Waals surface area contributed by atoms with Gasteiger partial charge in [0.15, 0.2) is 6.04 Å². The number of amides is 1. The molecule has 0 heterocycles.